The Labute approximate surface area is 113 Å². The third-order valence-electron chi connectivity index (χ3n) is 2.21. The number of carbonyl (C=O) groups excluding carboxylic acids is 1. The van der Waals surface area contributed by atoms with Crippen LogP contribution in [0.2, 0.25) is 0 Å². The van der Waals surface area contributed by atoms with Gasteiger partial charge in [-0.05, 0) is 48.0 Å². The molecule has 0 aliphatic rings. The van der Waals surface area contributed by atoms with E-state index in [1.807, 2.05) is 0 Å². The molecule has 18 heavy (non-hydrogen) atoms. The van der Waals surface area contributed by atoms with Crippen molar-refractivity contribution in [1.29, 1.82) is 0 Å². The number of hydrogen-bond acceptors (Lipinski definition) is 3. The summed E-state index contributed by atoms with van der Waals surface area (Å²) in [6.07, 6.45) is 0. The van der Waals surface area contributed by atoms with E-state index in [0.717, 1.165) is 6.07 Å². The number of amides is 1. The van der Waals surface area contributed by atoms with Gasteiger partial charge in [0.25, 0.3) is 0 Å². The van der Waals surface area contributed by atoms with Gasteiger partial charge in [-0.25, -0.2) is 12.8 Å². The molecule has 0 spiro atoms. The Morgan fingerprint density at radius 2 is 2.00 bits per heavy atom. The molecule has 0 atom stereocenters. The highest BCUT2D eigenvalue weighted by Crippen LogP contribution is 2.20. The molecule has 1 aromatic rings. The second-order valence-corrected chi connectivity index (χ2v) is 6.71. The summed E-state index contributed by atoms with van der Waals surface area (Å²) in [5, 5.41) is 0. The van der Waals surface area contributed by atoms with Crippen LogP contribution in [-0.4, -0.2) is 19.9 Å². The van der Waals surface area contributed by atoms with E-state index < -0.39 is 27.3 Å². The van der Waals surface area contributed by atoms with E-state index in [0.29, 0.717) is 0 Å². The van der Waals surface area contributed by atoms with Gasteiger partial charge in [-0.1, -0.05) is 0 Å². The maximum Gasteiger partial charge on any atom is 0.241 e. The fourth-order valence-electron chi connectivity index (χ4n) is 1.09. The number of nitrogens with one attached hydrogen (secondary N) is 1. The first-order valence-electron chi connectivity index (χ1n) is 4.85. The SMILES string of the molecule is CC(C)(NS(=O)(=O)c1ccc(Br)c(F)c1)C(N)=O. The van der Waals surface area contributed by atoms with E-state index in [4.69, 9.17) is 5.73 Å². The molecule has 1 aromatic carbocycles. The van der Waals surface area contributed by atoms with Gasteiger partial charge in [-0.3, -0.25) is 4.79 Å². The van der Waals surface area contributed by atoms with Crippen LogP contribution >= 0.6 is 15.9 Å². The smallest absolute Gasteiger partial charge is 0.241 e. The molecule has 0 bridgehead atoms. The number of carbonyl (C=O) groups is 1. The largest absolute Gasteiger partial charge is 0.368 e. The van der Waals surface area contributed by atoms with E-state index in [1.54, 1.807) is 0 Å². The average molecular weight is 339 g/mol. The first-order chi connectivity index (χ1) is 8.06. The lowest BCUT2D eigenvalue weighted by Gasteiger charge is -2.22. The number of benzene rings is 1. The van der Waals surface area contributed by atoms with Crippen LogP contribution in [0.4, 0.5) is 4.39 Å². The molecular formula is C10H12BrFN2O3S. The molecule has 3 N–H and O–H groups in total. The summed E-state index contributed by atoms with van der Waals surface area (Å²) in [4.78, 5) is 10.8. The van der Waals surface area contributed by atoms with Crippen molar-refractivity contribution in [2.75, 3.05) is 0 Å². The number of nitrogens with two attached hydrogens (primary N) is 1. The average Bonchev–Trinajstić information content (AvgIpc) is 2.20. The maximum absolute atomic E-state index is 13.3. The van der Waals surface area contributed by atoms with Crippen molar-refractivity contribution in [2.24, 2.45) is 5.73 Å². The molecule has 5 nitrogen and oxygen atoms in total. The Balaban J connectivity index is 3.15. The van der Waals surface area contributed by atoms with E-state index in [2.05, 4.69) is 20.7 Å². The predicted octanol–water partition coefficient (Wildman–Crippen LogP) is 1.13. The number of hydrogen-bond donors (Lipinski definition) is 2. The Hall–Kier alpha value is -0.990. The van der Waals surface area contributed by atoms with Crippen LogP contribution in [0.3, 0.4) is 0 Å². The van der Waals surface area contributed by atoms with Crippen molar-refractivity contribution in [3.8, 4) is 0 Å². The van der Waals surface area contributed by atoms with Gasteiger partial charge in [0.05, 0.1) is 9.37 Å². The van der Waals surface area contributed by atoms with Crippen LogP contribution in [0.15, 0.2) is 27.6 Å². The minimum atomic E-state index is -4.01. The van der Waals surface area contributed by atoms with Gasteiger partial charge in [0.2, 0.25) is 15.9 Å². The zero-order chi connectivity index (χ0) is 14.1. The van der Waals surface area contributed by atoms with E-state index >= 15 is 0 Å². The first-order valence-corrected chi connectivity index (χ1v) is 7.13. The molecule has 0 saturated heterocycles. The number of primary amides is 1. The van der Waals surface area contributed by atoms with Crippen molar-refractivity contribution in [3.05, 3.63) is 28.5 Å². The summed E-state index contributed by atoms with van der Waals surface area (Å²) in [5.74, 6) is -1.54. The van der Waals surface area contributed by atoms with Gasteiger partial charge in [-0.2, -0.15) is 4.72 Å². The lowest BCUT2D eigenvalue weighted by Crippen LogP contribution is -2.52. The normalized spacial score (nSPS) is 12.4. The van der Waals surface area contributed by atoms with Crippen LogP contribution in [0.5, 0.6) is 0 Å². The topological polar surface area (TPSA) is 89.3 Å². The summed E-state index contributed by atoms with van der Waals surface area (Å²) < 4.78 is 39.4. The lowest BCUT2D eigenvalue weighted by atomic mass is 10.1. The molecule has 0 fully saturated rings. The van der Waals surface area contributed by atoms with Gasteiger partial charge in [0.1, 0.15) is 11.4 Å². The Bertz CT molecular complexity index is 587. The van der Waals surface area contributed by atoms with Crippen molar-refractivity contribution in [1.82, 2.24) is 4.72 Å². The minimum absolute atomic E-state index is 0.149. The highest BCUT2D eigenvalue weighted by Gasteiger charge is 2.31. The number of rotatable bonds is 4. The maximum atomic E-state index is 13.3. The van der Waals surface area contributed by atoms with Crippen molar-refractivity contribution in [2.45, 2.75) is 24.3 Å². The summed E-state index contributed by atoms with van der Waals surface area (Å²) in [7, 11) is -4.01. The Morgan fingerprint density at radius 1 is 1.44 bits per heavy atom. The van der Waals surface area contributed by atoms with Crippen LogP contribution in [-0.2, 0) is 14.8 Å². The summed E-state index contributed by atoms with van der Waals surface area (Å²) in [6, 6.07) is 3.33. The predicted molar refractivity (Wildman–Crippen MR) is 67.7 cm³/mol. The number of sulfonamides is 1. The lowest BCUT2D eigenvalue weighted by molar-refractivity contribution is -0.122. The third-order valence-corrected chi connectivity index (χ3v) is 4.50. The van der Waals surface area contributed by atoms with Gasteiger partial charge in [0, 0.05) is 0 Å². The highest BCUT2D eigenvalue weighted by atomic mass is 79.9. The van der Waals surface area contributed by atoms with Gasteiger partial charge >= 0.3 is 0 Å². The molecular weight excluding hydrogens is 327 g/mol. The van der Waals surface area contributed by atoms with Crippen LogP contribution < -0.4 is 10.5 Å². The minimum Gasteiger partial charge on any atom is -0.368 e. The van der Waals surface area contributed by atoms with Crippen LogP contribution in [0, 0.1) is 5.82 Å². The standard InChI is InChI=1S/C10H12BrFN2O3S/c1-10(2,9(13)15)14-18(16,17)6-3-4-7(11)8(12)5-6/h3-5,14H,1-2H3,(H2,13,15). The van der Waals surface area contributed by atoms with Crippen molar-refractivity contribution >= 4 is 31.9 Å². The molecule has 1 amide bonds. The molecule has 0 heterocycles. The quantitative estimate of drug-likeness (QED) is 0.862. The number of halogens is 2. The zero-order valence-corrected chi connectivity index (χ0v) is 12.1. The molecule has 0 aliphatic carbocycles. The van der Waals surface area contributed by atoms with Crippen molar-refractivity contribution in [3.63, 3.8) is 0 Å². The molecule has 100 valence electrons. The molecule has 0 radical (unpaired) electrons. The van der Waals surface area contributed by atoms with Crippen LogP contribution in [0.25, 0.3) is 0 Å². The molecule has 0 aliphatic heterocycles. The third kappa shape index (κ3) is 3.27. The van der Waals surface area contributed by atoms with Gasteiger partial charge in [-0.15, -0.1) is 0 Å². The second kappa shape index (κ2) is 4.94. The first kappa shape index (κ1) is 15.1. The second-order valence-electron chi connectivity index (χ2n) is 4.17. The van der Waals surface area contributed by atoms with Crippen LogP contribution in [0.1, 0.15) is 13.8 Å². The van der Waals surface area contributed by atoms with E-state index in [-0.39, 0.29) is 9.37 Å². The summed E-state index contributed by atoms with van der Waals surface area (Å²) >= 11 is 2.92. The highest BCUT2D eigenvalue weighted by molar-refractivity contribution is 9.10. The van der Waals surface area contributed by atoms with E-state index in [1.165, 1.54) is 26.0 Å². The zero-order valence-electron chi connectivity index (χ0n) is 9.70. The molecule has 0 saturated carbocycles. The fourth-order valence-corrected chi connectivity index (χ4v) is 2.73. The fraction of sp³-hybridized carbons (Fsp3) is 0.300. The summed E-state index contributed by atoms with van der Waals surface area (Å²) in [5.41, 5.74) is 3.61. The van der Waals surface area contributed by atoms with Crippen molar-refractivity contribution < 1.29 is 17.6 Å². The van der Waals surface area contributed by atoms with Gasteiger partial charge < -0.3 is 5.73 Å². The van der Waals surface area contributed by atoms with E-state index in [9.17, 15) is 17.6 Å². The van der Waals surface area contributed by atoms with Gasteiger partial charge in [0.15, 0.2) is 0 Å². The monoisotopic (exact) mass is 338 g/mol. The molecule has 1 rings (SSSR count). The molecule has 8 heteroatoms. The summed E-state index contributed by atoms with van der Waals surface area (Å²) in [6.45, 7) is 2.64. The molecule has 0 aromatic heterocycles. The Kier molecular flexibility index (Phi) is 4.14. The molecule has 0 unspecified atom stereocenters. The Morgan fingerprint density at radius 3 is 2.44 bits per heavy atom.